The lowest BCUT2D eigenvalue weighted by Gasteiger charge is -2.32. The largest absolute Gasteiger partial charge is 0.469 e. The molecular formula is C22H22N2O8. The maximum atomic E-state index is 13.2. The molecule has 0 aromatic heterocycles. The number of ether oxygens (including phenoxy) is 3. The summed E-state index contributed by atoms with van der Waals surface area (Å²) in [5, 5.41) is 14.2. The number of benzene rings is 2. The molecule has 168 valence electrons. The second kappa shape index (κ2) is 9.15. The number of nitro benzene ring substituents is 1. The topological polar surface area (TPSA) is 134 Å². The molecule has 0 bridgehead atoms. The maximum absolute atomic E-state index is 13.2. The van der Waals surface area contributed by atoms with Crippen LogP contribution in [0.2, 0.25) is 0 Å². The van der Waals surface area contributed by atoms with Gasteiger partial charge in [-0.2, -0.15) is 0 Å². The van der Waals surface area contributed by atoms with E-state index in [9.17, 15) is 24.5 Å². The number of esters is 3. The number of carbonyl (C=O) groups excluding carboxylic acids is 3. The van der Waals surface area contributed by atoms with Crippen LogP contribution in [0.1, 0.15) is 17.2 Å². The van der Waals surface area contributed by atoms with Crippen LogP contribution in [-0.2, 0) is 34.1 Å². The SMILES string of the molecule is COC(=O)[C@H]1[C@@H](c2ccc([N+](=O)[O-])cc2)N[C@](C(=O)OC)(c2ccccc2)[C@H]1C(=O)OC. The third-order valence-electron chi connectivity index (χ3n) is 5.70. The van der Waals surface area contributed by atoms with Crippen LogP contribution in [0.15, 0.2) is 54.6 Å². The minimum absolute atomic E-state index is 0.145. The average molecular weight is 442 g/mol. The van der Waals surface area contributed by atoms with Crippen molar-refractivity contribution in [3.63, 3.8) is 0 Å². The van der Waals surface area contributed by atoms with Crippen LogP contribution < -0.4 is 5.32 Å². The van der Waals surface area contributed by atoms with Gasteiger partial charge in [-0.05, 0) is 11.1 Å². The summed E-state index contributed by atoms with van der Waals surface area (Å²) in [6.45, 7) is 0. The van der Waals surface area contributed by atoms with Gasteiger partial charge in [0, 0.05) is 18.2 Å². The van der Waals surface area contributed by atoms with Gasteiger partial charge in [-0.1, -0.05) is 42.5 Å². The Morgan fingerprint density at radius 2 is 1.50 bits per heavy atom. The third kappa shape index (κ3) is 3.69. The number of hydrogen-bond donors (Lipinski definition) is 1. The van der Waals surface area contributed by atoms with Crippen molar-refractivity contribution in [2.24, 2.45) is 11.8 Å². The summed E-state index contributed by atoms with van der Waals surface area (Å²) in [7, 11) is 3.50. The maximum Gasteiger partial charge on any atom is 0.331 e. The number of nitro groups is 1. The average Bonchev–Trinajstić information content (AvgIpc) is 3.20. The van der Waals surface area contributed by atoms with E-state index >= 15 is 0 Å². The van der Waals surface area contributed by atoms with E-state index in [1.54, 1.807) is 30.3 Å². The summed E-state index contributed by atoms with van der Waals surface area (Å²) in [4.78, 5) is 49.6. The molecule has 10 nitrogen and oxygen atoms in total. The molecule has 2 aromatic carbocycles. The van der Waals surface area contributed by atoms with Gasteiger partial charge in [0.05, 0.1) is 32.2 Å². The molecule has 0 spiro atoms. The Morgan fingerprint density at radius 3 is 2.00 bits per heavy atom. The molecule has 2 aromatic rings. The van der Waals surface area contributed by atoms with E-state index in [0.717, 1.165) is 7.11 Å². The summed E-state index contributed by atoms with van der Waals surface area (Å²) in [5.41, 5.74) is -1.08. The van der Waals surface area contributed by atoms with Crippen molar-refractivity contribution in [2.45, 2.75) is 11.6 Å². The summed E-state index contributed by atoms with van der Waals surface area (Å²) in [5.74, 6) is -4.88. The van der Waals surface area contributed by atoms with Gasteiger partial charge in [0.25, 0.3) is 5.69 Å². The lowest BCUT2D eigenvalue weighted by atomic mass is 9.74. The summed E-state index contributed by atoms with van der Waals surface area (Å²) in [6.07, 6.45) is 0. The number of rotatable bonds is 6. The number of nitrogens with zero attached hydrogens (tertiary/aromatic N) is 1. The molecule has 0 aliphatic carbocycles. The van der Waals surface area contributed by atoms with Gasteiger partial charge in [0.15, 0.2) is 5.54 Å². The van der Waals surface area contributed by atoms with E-state index < -0.39 is 46.2 Å². The molecule has 1 heterocycles. The van der Waals surface area contributed by atoms with Crippen molar-refractivity contribution in [1.82, 2.24) is 5.32 Å². The van der Waals surface area contributed by atoms with Gasteiger partial charge in [0.1, 0.15) is 5.92 Å². The number of hydrogen-bond acceptors (Lipinski definition) is 9. The zero-order valence-electron chi connectivity index (χ0n) is 17.6. The van der Waals surface area contributed by atoms with Crippen molar-refractivity contribution in [3.8, 4) is 0 Å². The molecule has 1 N–H and O–H groups in total. The fraction of sp³-hybridized carbons (Fsp3) is 0.318. The quantitative estimate of drug-likeness (QED) is 0.308. The Kier molecular flexibility index (Phi) is 6.54. The standard InChI is InChI=1S/C22H22N2O8/c1-30-19(25)16-17(20(26)31-2)22(21(27)32-3,14-7-5-4-6-8-14)23-18(16)13-9-11-15(12-10-13)24(28)29/h4-12,16-18,23H,1-3H3/t16-,17-,18-,22-/m1/s1. The number of non-ortho nitro benzene ring substituents is 1. The molecule has 1 saturated heterocycles. The van der Waals surface area contributed by atoms with Gasteiger partial charge < -0.3 is 14.2 Å². The second-order valence-electron chi connectivity index (χ2n) is 7.19. The minimum Gasteiger partial charge on any atom is -0.469 e. The molecule has 10 heteroatoms. The van der Waals surface area contributed by atoms with Crippen LogP contribution in [0.3, 0.4) is 0 Å². The number of nitrogens with one attached hydrogen (secondary N) is 1. The molecule has 4 atom stereocenters. The normalized spacial score (nSPS) is 24.4. The van der Waals surface area contributed by atoms with Crippen molar-refractivity contribution >= 4 is 23.6 Å². The lowest BCUT2D eigenvalue weighted by Crippen LogP contribution is -2.53. The van der Waals surface area contributed by atoms with Crippen LogP contribution in [0, 0.1) is 22.0 Å². The predicted molar refractivity (Wildman–Crippen MR) is 110 cm³/mol. The van der Waals surface area contributed by atoms with E-state index in [1.807, 2.05) is 0 Å². The van der Waals surface area contributed by atoms with Crippen molar-refractivity contribution in [3.05, 3.63) is 75.8 Å². The zero-order chi connectivity index (χ0) is 23.5. The lowest BCUT2D eigenvalue weighted by molar-refractivity contribution is -0.384. The Hall–Kier alpha value is -3.79. The van der Waals surface area contributed by atoms with Crippen molar-refractivity contribution in [2.75, 3.05) is 21.3 Å². The zero-order valence-corrected chi connectivity index (χ0v) is 17.6. The number of carbonyl (C=O) groups is 3. The Balaban J connectivity index is 2.26. The molecule has 0 unspecified atom stereocenters. The van der Waals surface area contributed by atoms with Gasteiger partial charge in [-0.25, -0.2) is 4.79 Å². The first kappa shape index (κ1) is 22.9. The summed E-state index contributed by atoms with van der Waals surface area (Å²) in [6, 6.07) is 12.9. The van der Waals surface area contributed by atoms with Crippen LogP contribution in [0.4, 0.5) is 5.69 Å². The van der Waals surface area contributed by atoms with Gasteiger partial charge in [-0.15, -0.1) is 0 Å². The minimum atomic E-state index is -1.77. The number of methoxy groups -OCH3 is 3. The predicted octanol–water partition coefficient (Wildman–Crippen LogP) is 1.89. The second-order valence-corrected chi connectivity index (χ2v) is 7.19. The fourth-order valence-corrected chi connectivity index (χ4v) is 4.27. The van der Waals surface area contributed by atoms with Crippen LogP contribution >= 0.6 is 0 Å². The third-order valence-corrected chi connectivity index (χ3v) is 5.70. The first-order valence-corrected chi connectivity index (χ1v) is 9.63. The van der Waals surface area contributed by atoms with Gasteiger partial charge in [-0.3, -0.25) is 25.0 Å². The highest BCUT2D eigenvalue weighted by Crippen LogP contribution is 2.50. The molecule has 32 heavy (non-hydrogen) atoms. The van der Waals surface area contributed by atoms with Gasteiger partial charge in [0.2, 0.25) is 0 Å². The molecule has 0 amide bonds. The first-order valence-electron chi connectivity index (χ1n) is 9.63. The molecular weight excluding hydrogens is 420 g/mol. The van der Waals surface area contributed by atoms with Crippen LogP contribution in [-0.4, -0.2) is 44.2 Å². The smallest absolute Gasteiger partial charge is 0.331 e. The van der Waals surface area contributed by atoms with E-state index in [0.29, 0.717) is 11.1 Å². The van der Waals surface area contributed by atoms with Gasteiger partial charge >= 0.3 is 17.9 Å². The summed E-state index contributed by atoms with van der Waals surface area (Å²) < 4.78 is 15.0. The van der Waals surface area contributed by atoms with Crippen molar-refractivity contribution < 1.29 is 33.5 Å². The highest BCUT2D eigenvalue weighted by molar-refractivity contribution is 5.95. The Morgan fingerprint density at radius 1 is 0.906 bits per heavy atom. The Bertz CT molecular complexity index is 1020. The fourth-order valence-electron chi connectivity index (χ4n) is 4.27. The monoisotopic (exact) mass is 442 g/mol. The molecule has 1 aliphatic rings. The Labute approximate surface area is 183 Å². The van der Waals surface area contributed by atoms with E-state index in [2.05, 4.69) is 5.32 Å². The molecule has 0 saturated carbocycles. The summed E-state index contributed by atoms with van der Waals surface area (Å²) >= 11 is 0. The van der Waals surface area contributed by atoms with Crippen LogP contribution in [0.25, 0.3) is 0 Å². The molecule has 1 aliphatic heterocycles. The van der Waals surface area contributed by atoms with Crippen molar-refractivity contribution in [1.29, 1.82) is 0 Å². The van der Waals surface area contributed by atoms with E-state index in [-0.39, 0.29) is 5.69 Å². The highest BCUT2D eigenvalue weighted by Gasteiger charge is 2.65. The highest BCUT2D eigenvalue weighted by atomic mass is 16.6. The molecule has 1 fully saturated rings. The van der Waals surface area contributed by atoms with E-state index in [1.165, 1.54) is 38.5 Å². The molecule has 0 radical (unpaired) electrons. The molecule has 3 rings (SSSR count). The van der Waals surface area contributed by atoms with E-state index in [4.69, 9.17) is 14.2 Å². The first-order chi connectivity index (χ1) is 15.3. The van der Waals surface area contributed by atoms with Crippen LogP contribution in [0.5, 0.6) is 0 Å².